The molecule has 1 aromatic carbocycles. The van der Waals surface area contributed by atoms with E-state index in [2.05, 4.69) is 21.8 Å². The zero-order valence-corrected chi connectivity index (χ0v) is 10.8. The summed E-state index contributed by atoms with van der Waals surface area (Å²) in [7, 11) is 1.81. The van der Waals surface area contributed by atoms with Gasteiger partial charge in [-0.1, -0.05) is 18.2 Å². The van der Waals surface area contributed by atoms with E-state index in [0.717, 1.165) is 18.1 Å². The van der Waals surface area contributed by atoms with Crippen molar-refractivity contribution in [2.75, 3.05) is 17.2 Å². The lowest BCUT2D eigenvalue weighted by Crippen LogP contribution is -2.18. The van der Waals surface area contributed by atoms with E-state index in [4.69, 9.17) is 0 Å². The van der Waals surface area contributed by atoms with E-state index < -0.39 is 0 Å². The molecule has 1 atom stereocenters. The molecule has 1 aromatic heterocycles. The van der Waals surface area contributed by atoms with E-state index >= 15 is 0 Å². The van der Waals surface area contributed by atoms with Crippen LogP contribution in [0, 0.1) is 0 Å². The molecule has 5 heteroatoms. The van der Waals surface area contributed by atoms with E-state index in [0.29, 0.717) is 6.42 Å². The van der Waals surface area contributed by atoms with Gasteiger partial charge in [-0.25, -0.2) is 0 Å². The molecule has 0 saturated heterocycles. The Morgan fingerprint density at radius 1 is 1.47 bits per heavy atom. The van der Waals surface area contributed by atoms with Crippen molar-refractivity contribution < 1.29 is 4.79 Å². The van der Waals surface area contributed by atoms with Crippen LogP contribution in [-0.2, 0) is 11.8 Å². The first-order valence-corrected chi connectivity index (χ1v) is 6.34. The lowest BCUT2D eigenvalue weighted by Gasteiger charge is -2.10. The first kappa shape index (κ1) is 11.8. The minimum atomic E-state index is 0.0205. The number of fused-ring (bicyclic) bond motifs is 1. The summed E-state index contributed by atoms with van der Waals surface area (Å²) in [6, 6.07) is 9.94. The molecule has 0 spiro atoms. The molecule has 0 radical (unpaired) electrons. The summed E-state index contributed by atoms with van der Waals surface area (Å²) in [6.07, 6.45) is 2.15. The van der Waals surface area contributed by atoms with E-state index in [1.807, 2.05) is 25.2 Å². The summed E-state index contributed by atoms with van der Waals surface area (Å²) in [5.74, 6) is 0.987. The molecule has 1 aliphatic heterocycles. The van der Waals surface area contributed by atoms with Gasteiger partial charge in [0.25, 0.3) is 0 Å². The van der Waals surface area contributed by atoms with Crippen LogP contribution in [0.25, 0.3) is 0 Å². The van der Waals surface area contributed by atoms with Gasteiger partial charge in [-0.15, -0.1) is 0 Å². The monoisotopic (exact) mass is 256 g/mol. The van der Waals surface area contributed by atoms with Crippen molar-refractivity contribution in [3.05, 3.63) is 42.1 Å². The molecule has 0 saturated carbocycles. The number of nitrogens with zero attached hydrogens (tertiary/aromatic N) is 2. The highest BCUT2D eigenvalue weighted by Gasteiger charge is 2.24. The maximum Gasteiger partial charge on any atom is 0.226 e. The largest absolute Gasteiger partial charge is 0.384 e. The molecule has 1 unspecified atom stereocenters. The Bertz CT molecular complexity index is 605. The number of para-hydroxylation sites is 1. The van der Waals surface area contributed by atoms with Gasteiger partial charge in [0, 0.05) is 37.7 Å². The molecular weight excluding hydrogens is 240 g/mol. The van der Waals surface area contributed by atoms with Crippen molar-refractivity contribution in [1.82, 2.24) is 9.78 Å². The Labute approximate surface area is 111 Å². The molecule has 2 N–H and O–H groups in total. The second-order valence-corrected chi connectivity index (χ2v) is 4.76. The van der Waals surface area contributed by atoms with E-state index in [-0.39, 0.29) is 11.8 Å². The zero-order valence-electron chi connectivity index (χ0n) is 10.8. The number of benzene rings is 1. The van der Waals surface area contributed by atoms with Crippen LogP contribution in [0.3, 0.4) is 0 Å². The number of nitrogens with one attached hydrogen (secondary N) is 2. The Morgan fingerprint density at radius 3 is 3.11 bits per heavy atom. The molecule has 1 aliphatic rings. The molecule has 2 heterocycles. The molecule has 0 bridgehead atoms. The molecule has 5 nitrogen and oxygen atoms in total. The lowest BCUT2D eigenvalue weighted by molar-refractivity contribution is -0.116. The van der Waals surface area contributed by atoms with Crippen LogP contribution in [-0.4, -0.2) is 22.2 Å². The summed E-state index contributed by atoms with van der Waals surface area (Å²) in [4.78, 5) is 12.0. The highest BCUT2D eigenvalue weighted by Crippen LogP contribution is 2.33. The second kappa shape index (κ2) is 4.76. The van der Waals surface area contributed by atoms with Gasteiger partial charge in [0.05, 0.1) is 6.20 Å². The minimum Gasteiger partial charge on any atom is -0.384 e. The molecule has 98 valence electrons. The molecule has 3 rings (SSSR count). The Hall–Kier alpha value is -2.30. The van der Waals surface area contributed by atoms with Gasteiger partial charge < -0.3 is 10.6 Å². The topological polar surface area (TPSA) is 59.0 Å². The van der Waals surface area contributed by atoms with Crippen LogP contribution in [0.5, 0.6) is 0 Å². The normalized spacial score (nSPS) is 16.8. The number of hydrogen-bond donors (Lipinski definition) is 2. The highest BCUT2D eigenvalue weighted by atomic mass is 16.1. The third-order valence-corrected chi connectivity index (χ3v) is 3.46. The van der Waals surface area contributed by atoms with Gasteiger partial charge in [-0.05, 0) is 11.6 Å². The Morgan fingerprint density at radius 2 is 2.32 bits per heavy atom. The number of aromatic nitrogens is 2. The predicted molar refractivity (Wildman–Crippen MR) is 74.1 cm³/mol. The fourth-order valence-corrected chi connectivity index (χ4v) is 2.45. The zero-order chi connectivity index (χ0) is 13.2. The third kappa shape index (κ3) is 2.31. The standard InChI is InChI=1S/C14H16N4O/c1-18-13(6-7-16-18)17-14(19)8-10-9-15-12-5-3-2-4-11(10)12/h2-7,10,15H,8-9H2,1H3,(H,17,19). The average Bonchev–Trinajstić information content (AvgIpc) is 2.98. The van der Waals surface area contributed by atoms with Crippen molar-refractivity contribution in [3.63, 3.8) is 0 Å². The number of hydrogen-bond acceptors (Lipinski definition) is 3. The van der Waals surface area contributed by atoms with E-state index in [9.17, 15) is 4.79 Å². The number of rotatable bonds is 3. The summed E-state index contributed by atoms with van der Waals surface area (Å²) < 4.78 is 1.65. The van der Waals surface area contributed by atoms with Crippen LogP contribution < -0.4 is 10.6 Å². The first-order chi connectivity index (χ1) is 9.24. The second-order valence-electron chi connectivity index (χ2n) is 4.76. The maximum absolute atomic E-state index is 12.0. The molecule has 1 amide bonds. The first-order valence-electron chi connectivity index (χ1n) is 6.34. The fourth-order valence-electron chi connectivity index (χ4n) is 2.45. The summed E-state index contributed by atoms with van der Waals surface area (Å²) in [6.45, 7) is 0.818. The summed E-state index contributed by atoms with van der Waals surface area (Å²) >= 11 is 0. The number of amides is 1. The van der Waals surface area contributed by atoms with Gasteiger partial charge in [0.1, 0.15) is 5.82 Å². The van der Waals surface area contributed by atoms with Gasteiger partial charge in [0.2, 0.25) is 5.91 Å². The number of carbonyl (C=O) groups excluding carboxylic acids is 1. The number of aryl methyl sites for hydroxylation is 1. The molecule has 2 aromatic rings. The minimum absolute atomic E-state index is 0.0205. The van der Waals surface area contributed by atoms with E-state index in [1.54, 1.807) is 16.9 Å². The van der Waals surface area contributed by atoms with Gasteiger partial charge >= 0.3 is 0 Å². The third-order valence-electron chi connectivity index (χ3n) is 3.46. The maximum atomic E-state index is 12.0. The van der Waals surface area contributed by atoms with Gasteiger partial charge in [0.15, 0.2) is 0 Å². The Kier molecular flexibility index (Phi) is 2.95. The van der Waals surface area contributed by atoms with Crippen LogP contribution in [0.15, 0.2) is 36.5 Å². The number of carbonyl (C=O) groups is 1. The van der Waals surface area contributed by atoms with Crippen LogP contribution in [0.2, 0.25) is 0 Å². The fraction of sp³-hybridized carbons (Fsp3) is 0.286. The predicted octanol–water partition coefficient (Wildman–Crippen LogP) is 1.96. The van der Waals surface area contributed by atoms with Crippen molar-refractivity contribution in [2.24, 2.45) is 7.05 Å². The average molecular weight is 256 g/mol. The highest BCUT2D eigenvalue weighted by molar-refractivity contribution is 5.90. The van der Waals surface area contributed by atoms with Crippen LogP contribution >= 0.6 is 0 Å². The van der Waals surface area contributed by atoms with Crippen LogP contribution in [0.1, 0.15) is 17.9 Å². The van der Waals surface area contributed by atoms with Crippen molar-refractivity contribution in [1.29, 1.82) is 0 Å². The number of anilines is 2. The lowest BCUT2D eigenvalue weighted by atomic mass is 9.98. The molecule has 0 fully saturated rings. The van der Waals surface area contributed by atoms with E-state index in [1.165, 1.54) is 5.56 Å². The van der Waals surface area contributed by atoms with Gasteiger partial charge in [-0.2, -0.15) is 5.10 Å². The Balaban J connectivity index is 1.67. The molecule has 19 heavy (non-hydrogen) atoms. The smallest absolute Gasteiger partial charge is 0.226 e. The van der Waals surface area contributed by atoms with Gasteiger partial charge in [-0.3, -0.25) is 9.48 Å². The van der Waals surface area contributed by atoms with Crippen LogP contribution in [0.4, 0.5) is 11.5 Å². The van der Waals surface area contributed by atoms with Crippen molar-refractivity contribution in [3.8, 4) is 0 Å². The summed E-state index contributed by atoms with van der Waals surface area (Å²) in [5.41, 5.74) is 2.36. The molecular formula is C14H16N4O. The van der Waals surface area contributed by atoms with Crippen molar-refractivity contribution >= 4 is 17.4 Å². The van der Waals surface area contributed by atoms with Crippen molar-refractivity contribution in [2.45, 2.75) is 12.3 Å². The summed E-state index contributed by atoms with van der Waals surface area (Å²) in [5, 5.41) is 10.2. The SMILES string of the molecule is Cn1nccc1NC(=O)CC1CNc2ccccc21. The molecule has 0 aliphatic carbocycles. The quantitative estimate of drug-likeness (QED) is 0.882.